The fraction of sp³-hybridized carbons (Fsp3) is 0.412. The number of pyridine rings is 1. The molecule has 1 saturated heterocycles. The third-order valence-electron chi connectivity index (χ3n) is 4.29. The van der Waals surface area contributed by atoms with Crippen molar-refractivity contribution >= 4 is 5.91 Å². The molecule has 1 amide bonds. The summed E-state index contributed by atoms with van der Waals surface area (Å²) in [6.07, 6.45) is 5.65. The summed E-state index contributed by atoms with van der Waals surface area (Å²) >= 11 is 0. The average molecular weight is 344 g/mol. The van der Waals surface area contributed by atoms with E-state index in [0.29, 0.717) is 18.8 Å². The van der Waals surface area contributed by atoms with Crippen LogP contribution in [0.4, 0.5) is 0 Å². The Morgan fingerprint density at radius 3 is 2.88 bits per heavy atom. The number of H-pyrrole nitrogens is 1. The van der Waals surface area contributed by atoms with Gasteiger partial charge >= 0.3 is 5.69 Å². The van der Waals surface area contributed by atoms with Crippen molar-refractivity contribution in [3.8, 4) is 0 Å². The minimum absolute atomic E-state index is 0.111. The lowest BCUT2D eigenvalue weighted by Gasteiger charge is -2.19. The molecule has 0 unspecified atom stereocenters. The molecule has 25 heavy (non-hydrogen) atoms. The summed E-state index contributed by atoms with van der Waals surface area (Å²) in [7, 11) is 0. The maximum absolute atomic E-state index is 12.3. The molecule has 132 valence electrons. The number of aryl methyl sites for hydroxylation is 1. The number of nitrogens with one attached hydrogen (secondary N) is 2. The third kappa shape index (κ3) is 4.21. The van der Waals surface area contributed by atoms with E-state index in [0.717, 1.165) is 12.0 Å². The van der Waals surface area contributed by atoms with Crippen molar-refractivity contribution in [3.63, 3.8) is 0 Å². The van der Waals surface area contributed by atoms with Gasteiger partial charge in [0, 0.05) is 30.1 Å². The Hall–Kier alpha value is -2.74. The maximum Gasteiger partial charge on any atom is 0.328 e. The maximum atomic E-state index is 12.3. The molecule has 2 atom stereocenters. The highest BCUT2D eigenvalue weighted by Gasteiger charge is 2.29. The summed E-state index contributed by atoms with van der Waals surface area (Å²) in [5, 5.41) is 2.93. The van der Waals surface area contributed by atoms with E-state index in [1.165, 1.54) is 10.8 Å². The number of rotatable bonds is 5. The van der Waals surface area contributed by atoms with E-state index >= 15 is 0 Å². The van der Waals surface area contributed by atoms with Gasteiger partial charge in [-0.1, -0.05) is 0 Å². The second kappa shape index (κ2) is 7.43. The molecule has 2 N–H and O–H groups in total. The number of aromatic amines is 1. The van der Waals surface area contributed by atoms with Gasteiger partial charge in [-0.25, -0.2) is 4.79 Å². The lowest BCUT2D eigenvalue weighted by atomic mass is 9.95. The number of ether oxygens (including phenoxy) is 1. The zero-order chi connectivity index (χ0) is 17.8. The van der Waals surface area contributed by atoms with E-state index in [4.69, 9.17) is 4.74 Å². The van der Waals surface area contributed by atoms with Gasteiger partial charge in [0.15, 0.2) is 0 Å². The molecule has 3 rings (SSSR count). The van der Waals surface area contributed by atoms with Gasteiger partial charge in [-0.2, -0.15) is 0 Å². The molecule has 0 bridgehead atoms. The Kier molecular flexibility index (Phi) is 5.08. The van der Waals surface area contributed by atoms with Crippen LogP contribution in [-0.2, 0) is 22.5 Å². The van der Waals surface area contributed by atoms with Crippen LogP contribution in [0.15, 0.2) is 40.3 Å². The number of amides is 1. The molecule has 0 radical (unpaired) electrons. The number of hydrogen-bond donors (Lipinski definition) is 2. The monoisotopic (exact) mass is 344 g/mol. The number of carbonyl (C=O) groups is 1. The minimum atomic E-state index is -0.596. The Morgan fingerprint density at radius 2 is 2.12 bits per heavy atom. The molecular formula is C17H20N4O4. The molecule has 8 heteroatoms. The standard InChI is InChI=1S/C17H20N4O4/c1-11-7-21(17(24)20-16(11)23)8-15(22)19-14-10-25-9-13(14)6-12-2-4-18-5-3-12/h2-5,7,13-14H,6,8-10H2,1H3,(H,19,22)(H,20,23,24)/t13-,14-/m1/s1. The topological polar surface area (TPSA) is 106 Å². The van der Waals surface area contributed by atoms with Crippen LogP contribution < -0.4 is 16.6 Å². The van der Waals surface area contributed by atoms with Crippen molar-refractivity contribution in [1.82, 2.24) is 19.9 Å². The van der Waals surface area contributed by atoms with Crippen LogP contribution in [0, 0.1) is 12.8 Å². The third-order valence-corrected chi connectivity index (χ3v) is 4.29. The summed E-state index contributed by atoms with van der Waals surface area (Å²) < 4.78 is 6.70. The predicted octanol–water partition coefficient (Wildman–Crippen LogP) is -0.386. The van der Waals surface area contributed by atoms with Crippen molar-refractivity contribution in [1.29, 1.82) is 0 Å². The van der Waals surface area contributed by atoms with Crippen LogP contribution >= 0.6 is 0 Å². The Bertz CT molecular complexity index is 859. The van der Waals surface area contributed by atoms with Crippen LogP contribution in [-0.4, -0.2) is 39.7 Å². The second-order valence-electron chi connectivity index (χ2n) is 6.23. The number of carbonyl (C=O) groups excluding carboxylic acids is 1. The van der Waals surface area contributed by atoms with E-state index in [2.05, 4.69) is 15.3 Å². The fourth-order valence-corrected chi connectivity index (χ4v) is 2.92. The molecule has 8 nitrogen and oxygen atoms in total. The van der Waals surface area contributed by atoms with Gasteiger partial charge in [-0.05, 0) is 31.0 Å². The van der Waals surface area contributed by atoms with Crippen LogP contribution in [0.5, 0.6) is 0 Å². The molecule has 0 spiro atoms. The average Bonchev–Trinajstić information content (AvgIpc) is 3.00. The Morgan fingerprint density at radius 1 is 1.36 bits per heavy atom. The molecule has 0 saturated carbocycles. The molecule has 0 aliphatic carbocycles. The van der Waals surface area contributed by atoms with Crippen LogP contribution in [0.3, 0.4) is 0 Å². The molecule has 1 aliphatic heterocycles. The first-order valence-corrected chi connectivity index (χ1v) is 8.09. The largest absolute Gasteiger partial charge is 0.379 e. The molecule has 0 aromatic carbocycles. The van der Waals surface area contributed by atoms with Crippen molar-refractivity contribution in [2.45, 2.75) is 25.9 Å². The normalized spacial score (nSPS) is 19.7. The highest BCUT2D eigenvalue weighted by atomic mass is 16.5. The molecule has 1 fully saturated rings. The second-order valence-corrected chi connectivity index (χ2v) is 6.23. The SMILES string of the molecule is Cc1cn(CC(=O)N[C@@H]2COC[C@H]2Cc2ccncc2)c(=O)[nH]c1=O. The molecular weight excluding hydrogens is 324 g/mol. The lowest BCUT2D eigenvalue weighted by Crippen LogP contribution is -2.44. The first-order valence-electron chi connectivity index (χ1n) is 8.09. The minimum Gasteiger partial charge on any atom is -0.379 e. The van der Waals surface area contributed by atoms with Crippen molar-refractivity contribution in [3.05, 3.63) is 62.7 Å². The lowest BCUT2D eigenvalue weighted by molar-refractivity contribution is -0.122. The summed E-state index contributed by atoms with van der Waals surface area (Å²) in [5.41, 5.74) is 0.481. The Balaban J connectivity index is 1.63. The molecule has 1 aliphatic rings. The predicted molar refractivity (Wildman–Crippen MR) is 90.2 cm³/mol. The fourth-order valence-electron chi connectivity index (χ4n) is 2.92. The van der Waals surface area contributed by atoms with E-state index in [-0.39, 0.29) is 24.4 Å². The first kappa shape index (κ1) is 17.1. The molecule has 2 aromatic rings. The molecule has 3 heterocycles. The van der Waals surface area contributed by atoms with E-state index < -0.39 is 11.2 Å². The summed E-state index contributed by atoms with van der Waals surface area (Å²) in [6, 6.07) is 3.78. The number of hydrogen-bond acceptors (Lipinski definition) is 5. The van der Waals surface area contributed by atoms with Crippen LogP contribution in [0.1, 0.15) is 11.1 Å². The van der Waals surface area contributed by atoms with Crippen LogP contribution in [0.2, 0.25) is 0 Å². The summed E-state index contributed by atoms with van der Waals surface area (Å²) in [5.74, 6) is -0.121. The quantitative estimate of drug-likeness (QED) is 0.769. The highest BCUT2D eigenvalue weighted by molar-refractivity contribution is 5.76. The Labute approximate surface area is 143 Å². The zero-order valence-corrected chi connectivity index (χ0v) is 13.9. The van der Waals surface area contributed by atoms with E-state index in [1.807, 2.05) is 12.1 Å². The summed E-state index contributed by atoms with van der Waals surface area (Å²) in [6.45, 7) is 2.46. The zero-order valence-electron chi connectivity index (χ0n) is 13.9. The van der Waals surface area contributed by atoms with Crippen LogP contribution in [0.25, 0.3) is 0 Å². The smallest absolute Gasteiger partial charge is 0.328 e. The number of nitrogens with zero attached hydrogens (tertiary/aromatic N) is 2. The van der Waals surface area contributed by atoms with Gasteiger partial charge in [0.05, 0.1) is 19.3 Å². The van der Waals surface area contributed by atoms with Gasteiger partial charge in [-0.3, -0.25) is 24.1 Å². The van der Waals surface area contributed by atoms with Gasteiger partial charge in [0.2, 0.25) is 5.91 Å². The van der Waals surface area contributed by atoms with Gasteiger partial charge in [0.25, 0.3) is 5.56 Å². The number of aromatic nitrogens is 3. The molecule has 2 aromatic heterocycles. The van der Waals surface area contributed by atoms with Gasteiger partial charge in [0.1, 0.15) is 6.54 Å². The van der Waals surface area contributed by atoms with E-state index in [1.54, 1.807) is 19.3 Å². The highest BCUT2D eigenvalue weighted by Crippen LogP contribution is 2.18. The first-order chi connectivity index (χ1) is 12.0. The van der Waals surface area contributed by atoms with Gasteiger partial charge < -0.3 is 10.1 Å². The van der Waals surface area contributed by atoms with Gasteiger partial charge in [-0.15, -0.1) is 0 Å². The van der Waals surface area contributed by atoms with Crippen molar-refractivity contribution in [2.75, 3.05) is 13.2 Å². The van der Waals surface area contributed by atoms with Crippen molar-refractivity contribution < 1.29 is 9.53 Å². The summed E-state index contributed by atoms with van der Waals surface area (Å²) in [4.78, 5) is 41.6. The van der Waals surface area contributed by atoms with E-state index in [9.17, 15) is 14.4 Å². The van der Waals surface area contributed by atoms with Crippen molar-refractivity contribution in [2.24, 2.45) is 5.92 Å².